The number of hydrogen-bond acceptors (Lipinski definition) is 5. The zero-order valence-corrected chi connectivity index (χ0v) is 35.3. The molecular weight excluding hydrogens is 797 g/mol. The van der Waals surface area contributed by atoms with E-state index >= 15 is 0 Å². The lowest BCUT2D eigenvalue weighted by Crippen LogP contribution is -2.32. The van der Waals surface area contributed by atoms with Crippen molar-refractivity contribution in [2.45, 2.75) is 15.2 Å². The van der Waals surface area contributed by atoms with E-state index in [9.17, 15) is 0 Å². The summed E-state index contributed by atoms with van der Waals surface area (Å²) >= 11 is 1.89. The first-order valence-corrected chi connectivity index (χ1v) is 22.4. The van der Waals surface area contributed by atoms with Gasteiger partial charge in [-0.05, 0) is 116 Å². The third-order valence-electron chi connectivity index (χ3n) is 13.0. The zero-order chi connectivity index (χ0) is 42.2. The van der Waals surface area contributed by atoms with Gasteiger partial charge in [-0.2, -0.15) is 0 Å². The van der Waals surface area contributed by atoms with Gasteiger partial charge < -0.3 is 0 Å². The minimum atomic E-state index is -0.550. The second kappa shape index (κ2) is 14.6. The maximum absolute atomic E-state index is 5.35. The van der Waals surface area contributed by atoms with Crippen molar-refractivity contribution in [1.82, 2.24) is 19.9 Å². The van der Waals surface area contributed by atoms with E-state index in [0.717, 1.165) is 67.0 Å². The SMILES string of the molecule is c1ccc(-c2nc3ccccc3c3cc4c(cc23)Sc2c(-c3ccc(-c5cc(-c6ccccn6)nc(-c6ccccn6)c5)cc3)cccc2C42c3ccccc3-c3ccccc32)cc1. The molecule has 64 heavy (non-hydrogen) atoms. The third-order valence-corrected chi connectivity index (χ3v) is 14.2. The first-order valence-electron chi connectivity index (χ1n) is 21.6. The van der Waals surface area contributed by atoms with Crippen molar-refractivity contribution >= 4 is 33.4 Å². The van der Waals surface area contributed by atoms with Crippen molar-refractivity contribution < 1.29 is 0 Å². The molecule has 5 heterocycles. The summed E-state index contributed by atoms with van der Waals surface area (Å²) in [5.41, 5.74) is 18.2. The van der Waals surface area contributed by atoms with Crippen molar-refractivity contribution in [1.29, 1.82) is 0 Å². The summed E-state index contributed by atoms with van der Waals surface area (Å²) in [6.45, 7) is 0. The Morgan fingerprint density at radius 2 is 0.938 bits per heavy atom. The quantitative estimate of drug-likeness (QED) is 0.162. The van der Waals surface area contributed by atoms with E-state index in [0.29, 0.717) is 0 Å². The monoisotopic (exact) mass is 832 g/mol. The number of benzene rings is 7. The number of fused-ring (bicyclic) bond motifs is 12. The first-order chi connectivity index (χ1) is 31.7. The largest absolute Gasteiger partial charge is 0.255 e. The third kappa shape index (κ3) is 5.57. The van der Waals surface area contributed by atoms with Crippen LogP contribution in [-0.2, 0) is 5.41 Å². The van der Waals surface area contributed by atoms with E-state index < -0.39 is 5.41 Å². The van der Waals surface area contributed by atoms with Gasteiger partial charge in [0.15, 0.2) is 0 Å². The highest BCUT2D eigenvalue weighted by Crippen LogP contribution is 2.64. The second-order valence-electron chi connectivity index (χ2n) is 16.5. The molecule has 0 amide bonds. The minimum absolute atomic E-state index is 0.550. The van der Waals surface area contributed by atoms with Crippen LogP contribution in [0.5, 0.6) is 0 Å². The van der Waals surface area contributed by atoms with Gasteiger partial charge >= 0.3 is 0 Å². The van der Waals surface area contributed by atoms with Crippen LogP contribution in [0, 0.1) is 0 Å². The summed E-state index contributed by atoms with van der Waals surface area (Å²) in [4.78, 5) is 22.2. The Kier molecular flexibility index (Phi) is 8.33. The van der Waals surface area contributed by atoms with Gasteiger partial charge in [-0.25, -0.2) is 9.97 Å². The van der Waals surface area contributed by atoms with E-state index in [1.54, 1.807) is 0 Å². The van der Waals surface area contributed by atoms with E-state index in [2.05, 4.69) is 180 Å². The van der Waals surface area contributed by atoms with Crippen LogP contribution in [-0.4, -0.2) is 19.9 Å². The van der Waals surface area contributed by atoms with E-state index in [1.165, 1.54) is 54.1 Å². The zero-order valence-electron chi connectivity index (χ0n) is 34.5. The maximum Gasteiger partial charge on any atom is 0.0900 e. The van der Waals surface area contributed by atoms with Gasteiger partial charge in [-0.15, -0.1) is 0 Å². The summed E-state index contributed by atoms with van der Waals surface area (Å²) in [5.74, 6) is 0. The van der Waals surface area contributed by atoms with Gasteiger partial charge in [-0.1, -0.05) is 163 Å². The molecule has 298 valence electrons. The Bertz CT molecular complexity index is 3520. The molecule has 0 saturated carbocycles. The van der Waals surface area contributed by atoms with Gasteiger partial charge in [0.25, 0.3) is 0 Å². The van der Waals surface area contributed by atoms with Crippen LogP contribution in [0.25, 0.3) is 89.1 Å². The molecule has 0 bridgehead atoms. The summed E-state index contributed by atoms with van der Waals surface area (Å²) in [6, 6.07) is 74.4. The summed E-state index contributed by atoms with van der Waals surface area (Å²) in [6.07, 6.45) is 3.62. The van der Waals surface area contributed by atoms with Crippen LogP contribution in [0.4, 0.5) is 0 Å². The summed E-state index contributed by atoms with van der Waals surface area (Å²) in [5, 5.41) is 3.53. The molecule has 2 aliphatic rings. The van der Waals surface area contributed by atoms with E-state index in [4.69, 9.17) is 9.97 Å². The molecule has 0 unspecified atom stereocenters. The Balaban J connectivity index is 1.03. The molecule has 4 aromatic heterocycles. The van der Waals surface area contributed by atoms with Gasteiger partial charge in [0.1, 0.15) is 0 Å². The highest BCUT2D eigenvalue weighted by molar-refractivity contribution is 7.99. The lowest BCUT2D eigenvalue weighted by Gasteiger charge is -2.40. The molecule has 0 saturated heterocycles. The average Bonchev–Trinajstić information content (AvgIpc) is 3.67. The molecule has 7 aromatic carbocycles. The lowest BCUT2D eigenvalue weighted by atomic mass is 9.66. The van der Waals surface area contributed by atoms with Crippen LogP contribution in [0.15, 0.2) is 228 Å². The molecule has 5 heteroatoms. The highest BCUT2D eigenvalue weighted by Gasteiger charge is 2.50. The fraction of sp³-hybridized carbons (Fsp3) is 0.0169. The molecule has 0 fully saturated rings. The molecular formula is C59H36N4S. The van der Waals surface area contributed by atoms with Crippen LogP contribution in [0.1, 0.15) is 22.3 Å². The Morgan fingerprint density at radius 3 is 1.62 bits per heavy atom. The molecule has 4 nitrogen and oxygen atoms in total. The Labute approximate surface area is 375 Å². The summed E-state index contributed by atoms with van der Waals surface area (Å²) < 4.78 is 0. The predicted molar refractivity (Wildman–Crippen MR) is 261 cm³/mol. The van der Waals surface area contributed by atoms with Crippen molar-refractivity contribution in [3.05, 3.63) is 241 Å². The second-order valence-corrected chi connectivity index (χ2v) is 17.5. The molecule has 0 N–H and O–H groups in total. The number of rotatable bonds is 5. The van der Waals surface area contributed by atoms with E-state index in [1.807, 2.05) is 60.6 Å². The van der Waals surface area contributed by atoms with Gasteiger partial charge in [0.05, 0.1) is 39.4 Å². The number of nitrogens with zero attached hydrogens (tertiary/aromatic N) is 4. The van der Waals surface area contributed by atoms with Crippen LogP contribution < -0.4 is 0 Å². The molecule has 1 spiro atoms. The maximum atomic E-state index is 5.35. The fourth-order valence-electron chi connectivity index (χ4n) is 10.2. The molecule has 0 atom stereocenters. The standard InChI is InChI=1S/C59H36N4S/c1-2-15-39(16-3-1)57-46-36-56-50(35-45(46)44-19-6-9-24-51(44)63-57)59(47-21-7-4-17-42(47)43-18-5-8-22-48(43)59)49-23-14-20-41(58(49)64-56)38-29-27-37(28-30-38)40-33-54(52-25-10-12-31-60-52)62-55(34-40)53-26-11-13-32-61-53/h1-36H. The molecule has 1 aliphatic carbocycles. The molecule has 0 radical (unpaired) electrons. The van der Waals surface area contributed by atoms with E-state index in [-0.39, 0.29) is 0 Å². The van der Waals surface area contributed by atoms with Gasteiger partial charge in [0, 0.05) is 38.5 Å². The Morgan fingerprint density at radius 1 is 0.344 bits per heavy atom. The topological polar surface area (TPSA) is 51.6 Å². The predicted octanol–water partition coefficient (Wildman–Crippen LogP) is 14.7. The van der Waals surface area contributed by atoms with Crippen molar-refractivity contribution in [3.8, 4) is 67.4 Å². The fourth-order valence-corrected chi connectivity index (χ4v) is 11.6. The highest BCUT2D eigenvalue weighted by atomic mass is 32.2. The van der Waals surface area contributed by atoms with Crippen LogP contribution in [0.3, 0.4) is 0 Å². The van der Waals surface area contributed by atoms with Crippen molar-refractivity contribution in [2.75, 3.05) is 0 Å². The number of aromatic nitrogens is 4. The van der Waals surface area contributed by atoms with Gasteiger partial charge in [0.2, 0.25) is 0 Å². The van der Waals surface area contributed by atoms with Crippen molar-refractivity contribution in [3.63, 3.8) is 0 Å². The van der Waals surface area contributed by atoms with Crippen molar-refractivity contribution in [2.24, 2.45) is 0 Å². The van der Waals surface area contributed by atoms with Crippen LogP contribution >= 0.6 is 11.8 Å². The Hall–Kier alpha value is -7.99. The molecule has 11 aromatic rings. The number of para-hydroxylation sites is 1. The minimum Gasteiger partial charge on any atom is -0.255 e. The number of hydrogen-bond donors (Lipinski definition) is 0. The lowest BCUT2D eigenvalue weighted by molar-refractivity contribution is 0.725. The molecule has 1 aliphatic heterocycles. The number of pyridine rings is 4. The van der Waals surface area contributed by atoms with Crippen LogP contribution in [0.2, 0.25) is 0 Å². The normalized spacial score (nSPS) is 13.1. The van der Waals surface area contributed by atoms with Gasteiger partial charge in [-0.3, -0.25) is 9.97 Å². The summed E-state index contributed by atoms with van der Waals surface area (Å²) in [7, 11) is 0. The first kappa shape index (κ1) is 36.6. The average molecular weight is 833 g/mol. The smallest absolute Gasteiger partial charge is 0.0900 e. The molecule has 13 rings (SSSR count).